The summed E-state index contributed by atoms with van der Waals surface area (Å²) < 4.78 is 2.87. The minimum absolute atomic E-state index is 0.569. The topological polar surface area (TPSA) is 41.9 Å². The zero-order valence-corrected chi connectivity index (χ0v) is 13.8. The summed E-state index contributed by atoms with van der Waals surface area (Å²) >= 11 is 14.6. The van der Waals surface area contributed by atoms with E-state index in [0.717, 1.165) is 29.7 Å². The molecule has 1 aromatic heterocycles. The van der Waals surface area contributed by atoms with Gasteiger partial charge in [-0.1, -0.05) is 23.7 Å². The van der Waals surface area contributed by atoms with Crippen LogP contribution in [0.3, 0.4) is 0 Å². The second-order valence-electron chi connectivity index (χ2n) is 4.14. The van der Waals surface area contributed by atoms with Gasteiger partial charge in [-0.15, -0.1) is 0 Å². The van der Waals surface area contributed by atoms with Gasteiger partial charge >= 0.3 is 0 Å². The number of aryl methyl sites for hydroxylation is 1. The van der Waals surface area contributed by atoms with E-state index >= 15 is 0 Å². The van der Waals surface area contributed by atoms with Crippen molar-refractivity contribution in [1.29, 1.82) is 0 Å². The third-order valence-corrected chi connectivity index (χ3v) is 3.56. The fourth-order valence-corrected chi connectivity index (χ4v) is 2.36. The number of hydrogen-bond donors (Lipinski definition) is 2. The maximum absolute atomic E-state index is 6.05. The summed E-state index contributed by atoms with van der Waals surface area (Å²) in [6.07, 6.45) is 4.65. The molecule has 0 saturated heterocycles. The summed E-state index contributed by atoms with van der Waals surface area (Å²) in [6.45, 7) is 1.61. The van der Waals surface area contributed by atoms with Crippen molar-refractivity contribution in [1.82, 2.24) is 15.1 Å². The van der Waals surface area contributed by atoms with Gasteiger partial charge in [0.05, 0.1) is 21.4 Å². The first kappa shape index (κ1) is 15.3. The van der Waals surface area contributed by atoms with Crippen LogP contribution in [0.1, 0.15) is 6.42 Å². The average molecular weight is 374 g/mol. The number of anilines is 1. The highest BCUT2D eigenvalue weighted by Crippen LogP contribution is 2.20. The number of halogens is 2. The van der Waals surface area contributed by atoms with Crippen LogP contribution in [0.5, 0.6) is 0 Å². The van der Waals surface area contributed by atoms with E-state index in [4.69, 9.17) is 23.8 Å². The Labute approximate surface area is 136 Å². The molecule has 0 aliphatic heterocycles. The molecule has 0 aliphatic carbocycles. The number of rotatable bonds is 5. The van der Waals surface area contributed by atoms with Crippen LogP contribution in [0.4, 0.5) is 5.69 Å². The highest BCUT2D eigenvalue weighted by atomic mass is 79.9. The first-order valence-corrected chi connectivity index (χ1v) is 7.70. The third-order valence-electron chi connectivity index (χ3n) is 2.57. The van der Waals surface area contributed by atoms with Crippen molar-refractivity contribution in [2.75, 3.05) is 11.9 Å². The van der Waals surface area contributed by atoms with Crippen LogP contribution in [0.25, 0.3) is 0 Å². The molecule has 0 spiro atoms. The van der Waals surface area contributed by atoms with Crippen molar-refractivity contribution in [2.45, 2.75) is 13.0 Å². The zero-order valence-electron chi connectivity index (χ0n) is 10.6. The van der Waals surface area contributed by atoms with Crippen LogP contribution in [-0.2, 0) is 6.54 Å². The molecule has 2 N–H and O–H groups in total. The van der Waals surface area contributed by atoms with Crippen molar-refractivity contribution in [3.05, 3.63) is 46.2 Å². The molecule has 7 heteroatoms. The molecular weight excluding hydrogens is 360 g/mol. The van der Waals surface area contributed by atoms with Gasteiger partial charge in [-0.2, -0.15) is 5.10 Å². The maximum atomic E-state index is 6.05. The van der Waals surface area contributed by atoms with Gasteiger partial charge in [0.15, 0.2) is 5.11 Å². The molecule has 2 aromatic rings. The molecule has 106 valence electrons. The fraction of sp³-hybridized carbons (Fsp3) is 0.231. The highest BCUT2D eigenvalue weighted by molar-refractivity contribution is 9.10. The van der Waals surface area contributed by atoms with Crippen molar-refractivity contribution < 1.29 is 0 Å². The molecule has 0 radical (unpaired) electrons. The van der Waals surface area contributed by atoms with Crippen molar-refractivity contribution >= 4 is 50.5 Å². The summed E-state index contributed by atoms with van der Waals surface area (Å²) in [5.74, 6) is 0. The molecule has 0 amide bonds. The molecule has 20 heavy (non-hydrogen) atoms. The van der Waals surface area contributed by atoms with Crippen LogP contribution in [0.2, 0.25) is 5.02 Å². The van der Waals surface area contributed by atoms with Crippen molar-refractivity contribution in [2.24, 2.45) is 0 Å². The fourth-order valence-electron chi connectivity index (χ4n) is 1.63. The molecule has 2 rings (SSSR count). The monoisotopic (exact) mass is 372 g/mol. The van der Waals surface area contributed by atoms with Gasteiger partial charge in [-0.05, 0) is 46.7 Å². The lowest BCUT2D eigenvalue weighted by Gasteiger charge is -2.11. The molecule has 0 aliphatic rings. The smallest absolute Gasteiger partial charge is 0.170 e. The lowest BCUT2D eigenvalue weighted by molar-refractivity contribution is 0.573. The molecular formula is C13H14BrClN4S. The van der Waals surface area contributed by atoms with E-state index in [1.807, 2.05) is 35.1 Å². The van der Waals surface area contributed by atoms with Crippen molar-refractivity contribution in [3.63, 3.8) is 0 Å². The SMILES string of the molecule is S=C(NCCCn1cc(Br)cn1)Nc1ccccc1Cl. The van der Waals surface area contributed by atoms with Gasteiger partial charge < -0.3 is 10.6 Å². The van der Waals surface area contributed by atoms with Gasteiger partial charge in [-0.3, -0.25) is 4.68 Å². The van der Waals surface area contributed by atoms with Crippen molar-refractivity contribution in [3.8, 4) is 0 Å². The van der Waals surface area contributed by atoms with Gasteiger partial charge in [0, 0.05) is 19.3 Å². The van der Waals surface area contributed by atoms with Crippen LogP contribution >= 0.6 is 39.7 Å². The van der Waals surface area contributed by atoms with E-state index in [0.29, 0.717) is 10.1 Å². The molecule has 0 unspecified atom stereocenters. The Morgan fingerprint density at radius 2 is 2.20 bits per heavy atom. The molecule has 0 atom stereocenters. The summed E-state index contributed by atoms with van der Waals surface area (Å²) in [7, 11) is 0. The Bertz CT molecular complexity index is 587. The van der Waals surface area contributed by atoms with Crippen LogP contribution in [-0.4, -0.2) is 21.4 Å². The Morgan fingerprint density at radius 1 is 1.40 bits per heavy atom. The predicted octanol–water partition coefficient (Wildman–Crippen LogP) is 3.68. The van der Waals surface area contributed by atoms with Gasteiger partial charge in [0.1, 0.15) is 0 Å². The Morgan fingerprint density at radius 3 is 2.90 bits per heavy atom. The Balaban J connectivity index is 1.69. The van der Waals surface area contributed by atoms with E-state index in [9.17, 15) is 0 Å². The largest absolute Gasteiger partial charge is 0.362 e. The van der Waals surface area contributed by atoms with Gasteiger partial charge in [0.25, 0.3) is 0 Å². The Kier molecular flexibility index (Phi) is 5.82. The molecule has 0 fully saturated rings. The third kappa shape index (κ3) is 4.77. The first-order valence-electron chi connectivity index (χ1n) is 6.12. The van der Waals surface area contributed by atoms with E-state index in [2.05, 4.69) is 31.7 Å². The second kappa shape index (κ2) is 7.61. The number of aromatic nitrogens is 2. The standard InChI is InChI=1S/C13H14BrClN4S/c14-10-8-17-19(9-10)7-3-6-16-13(20)18-12-5-2-1-4-11(12)15/h1-2,4-5,8-9H,3,6-7H2,(H2,16,18,20). The van der Waals surface area contributed by atoms with Crippen LogP contribution < -0.4 is 10.6 Å². The summed E-state index contributed by atoms with van der Waals surface area (Å²) in [6, 6.07) is 7.50. The maximum Gasteiger partial charge on any atom is 0.170 e. The lowest BCUT2D eigenvalue weighted by Crippen LogP contribution is -2.29. The van der Waals surface area contributed by atoms with Crippen LogP contribution in [0.15, 0.2) is 41.1 Å². The minimum atomic E-state index is 0.569. The normalized spacial score (nSPS) is 10.3. The first-order chi connectivity index (χ1) is 9.65. The van der Waals surface area contributed by atoms with E-state index in [-0.39, 0.29) is 0 Å². The lowest BCUT2D eigenvalue weighted by atomic mass is 10.3. The molecule has 0 bridgehead atoms. The number of hydrogen-bond acceptors (Lipinski definition) is 2. The number of nitrogens with zero attached hydrogens (tertiary/aromatic N) is 2. The summed E-state index contributed by atoms with van der Waals surface area (Å²) in [5, 5.41) is 11.6. The second-order valence-corrected chi connectivity index (χ2v) is 5.87. The van der Waals surface area contributed by atoms with E-state index < -0.39 is 0 Å². The number of thiocarbonyl (C=S) groups is 1. The van der Waals surface area contributed by atoms with Gasteiger partial charge in [-0.25, -0.2) is 0 Å². The predicted molar refractivity (Wildman–Crippen MR) is 90.2 cm³/mol. The van der Waals surface area contributed by atoms with E-state index in [1.165, 1.54) is 0 Å². The highest BCUT2D eigenvalue weighted by Gasteiger charge is 2.01. The molecule has 1 heterocycles. The minimum Gasteiger partial charge on any atom is -0.362 e. The van der Waals surface area contributed by atoms with Crippen LogP contribution in [0, 0.1) is 0 Å². The molecule has 4 nitrogen and oxygen atoms in total. The van der Waals surface area contributed by atoms with E-state index in [1.54, 1.807) is 6.20 Å². The Hall–Kier alpha value is -1.11. The number of benzene rings is 1. The summed E-state index contributed by atoms with van der Waals surface area (Å²) in [5.41, 5.74) is 0.808. The van der Waals surface area contributed by atoms with Gasteiger partial charge in [0.2, 0.25) is 0 Å². The molecule has 0 saturated carbocycles. The number of para-hydroxylation sites is 1. The number of nitrogens with one attached hydrogen (secondary N) is 2. The average Bonchev–Trinajstić information content (AvgIpc) is 2.83. The molecule has 1 aromatic carbocycles. The zero-order chi connectivity index (χ0) is 14.4. The summed E-state index contributed by atoms with van der Waals surface area (Å²) in [4.78, 5) is 0. The quantitative estimate of drug-likeness (QED) is 0.620.